The van der Waals surface area contributed by atoms with Crippen LogP contribution in [-0.4, -0.2) is 30.5 Å². The van der Waals surface area contributed by atoms with Crippen LogP contribution in [0, 0.1) is 5.92 Å². The van der Waals surface area contributed by atoms with Crippen LogP contribution in [0.2, 0.25) is 0 Å². The quantitative estimate of drug-likeness (QED) is 0.733. The number of ether oxygens (including phenoxy) is 1. The molecule has 1 aliphatic carbocycles. The molecule has 1 atom stereocenters. The molecule has 1 rings (SSSR count). The van der Waals surface area contributed by atoms with E-state index in [1.54, 1.807) is 7.11 Å². The van der Waals surface area contributed by atoms with Crippen molar-refractivity contribution in [3.05, 3.63) is 0 Å². The Labute approximate surface area is 93.0 Å². The van der Waals surface area contributed by atoms with Gasteiger partial charge in [0.05, 0.1) is 11.7 Å². The number of nitrogens with two attached hydrogens (primary N) is 1. The van der Waals surface area contributed by atoms with Gasteiger partial charge in [-0.25, -0.2) is 0 Å². The van der Waals surface area contributed by atoms with Crippen LogP contribution < -0.4 is 5.73 Å². The van der Waals surface area contributed by atoms with E-state index < -0.39 is 5.60 Å². The van der Waals surface area contributed by atoms with Gasteiger partial charge in [-0.15, -0.1) is 0 Å². The number of methoxy groups -OCH3 is 1. The van der Waals surface area contributed by atoms with Gasteiger partial charge in [0.25, 0.3) is 0 Å². The minimum atomic E-state index is -0.528. The van der Waals surface area contributed by atoms with E-state index in [1.165, 1.54) is 0 Å². The zero-order chi connectivity index (χ0) is 11.3. The fourth-order valence-electron chi connectivity index (χ4n) is 2.69. The van der Waals surface area contributed by atoms with Gasteiger partial charge in [-0.05, 0) is 44.6 Å². The summed E-state index contributed by atoms with van der Waals surface area (Å²) in [7, 11) is 1.75. The second-order valence-corrected chi connectivity index (χ2v) is 4.76. The molecule has 0 aromatic heterocycles. The Balaban J connectivity index is 2.51. The molecular weight excluding hydrogens is 190 g/mol. The van der Waals surface area contributed by atoms with Crippen molar-refractivity contribution >= 4 is 0 Å². The summed E-state index contributed by atoms with van der Waals surface area (Å²) < 4.78 is 5.32. The largest absolute Gasteiger partial charge is 0.390 e. The van der Waals surface area contributed by atoms with Gasteiger partial charge in [0.2, 0.25) is 0 Å². The number of hydrogen-bond donors (Lipinski definition) is 2. The van der Waals surface area contributed by atoms with E-state index in [0.29, 0.717) is 12.6 Å². The molecule has 15 heavy (non-hydrogen) atoms. The molecule has 1 aliphatic rings. The summed E-state index contributed by atoms with van der Waals surface area (Å²) in [4.78, 5) is 0. The normalized spacial score (nSPS) is 34.0. The molecule has 0 spiro atoms. The van der Waals surface area contributed by atoms with Crippen molar-refractivity contribution in [2.24, 2.45) is 11.7 Å². The summed E-state index contributed by atoms with van der Waals surface area (Å²) >= 11 is 0. The van der Waals surface area contributed by atoms with Crippen LogP contribution in [0.25, 0.3) is 0 Å². The zero-order valence-electron chi connectivity index (χ0n) is 10.0. The molecule has 0 saturated heterocycles. The van der Waals surface area contributed by atoms with Crippen molar-refractivity contribution < 1.29 is 9.84 Å². The second kappa shape index (κ2) is 5.83. The number of hydrogen-bond acceptors (Lipinski definition) is 3. The van der Waals surface area contributed by atoms with Gasteiger partial charge in [0, 0.05) is 7.11 Å². The molecular formula is C12H25NO2. The van der Waals surface area contributed by atoms with Crippen molar-refractivity contribution in [3.63, 3.8) is 0 Å². The van der Waals surface area contributed by atoms with Gasteiger partial charge in [-0.3, -0.25) is 0 Å². The molecule has 90 valence electrons. The fraction of sp³-hybridized carbons (Fsp3) is 1.00. The highest BCUT2D eigenvalue weighted by Gasteiger charge is 2.38. The Morgan fingerprint density at radius 2 is 2.07 bits per heavy atom. The molecule has 3 nitrogen and oxygen atoms in total. The van der Waals surface area contributed by atoms with Crippen LogP contribution in [0.4, 0.5) is 0 Å². The Hall–Kier alpha value is -0.120. The molecule has 0 radical (unpaired) electrons. The van der Waals surface area contributed by atoms with E-state index in [1.807, 2.05) is 0 Å². The molecule has 3 N–H and O–H groups in total. The van der Waals surface area contributed by atoms with Gasteiger partial charge in [-0.1, -0.05) is 13.3 Å². The van der Waals surface area contributed by atoms with E-state index in [2.05, 4.69) is 6.92 Å². The molecule has 0 aliphatic heterocycles. The fourth-order valence-corrected chi connectivity index (χ4v) is 2.69. The highest BCUT2D eigenvalue weighted by atomic mass is 16.5. The molecule has 0 aromatic carbocycles. The molecule has 0 aromatic rings. The SMILES string of the molecule is CCCC(CN)C1(O)CCC(OC)CC1. The summed E-state index contributed by atoms with van der Waals surface area (Å²) in [5.74, 6) is 0.264. The van der Waals surface area contributed by atoms with Gasteiger partial charge in [0.15, 0.2) is 0 Å². The lowest BCUT2D eigenvalue weighted by atomic mass is 9.73. The average Bonchev–Trinajstić information content (AvgIpc) is 2.27. The lowest BCUT2D eigenvalue weighted by molar-refractivity contribution is -0.0803. The van der Waals surface area contributed by atoms with E-state index in [9.17, 15) is 5.11 Å². The van der Waals surface area contributed by atoms with E-state index in [0.717, 1.165) is 38.5 Å². The van der Waals surface area contributed by atoms with Crippen molar-refractivity contribution in [2.45, 2.75) is 57.2 Å². The first-order valence-corrected chi connectivity index (χ1v) is 6.11. The van der Waals surface area contributed by atoms with E-state index >= 15 is 0 Å². The highest BCUT2D eigenvalue weighted by Crippen LogP contribution is 2.36. The lowest BCUT2D eigenvalue weighted by Crippen LogP contribution is -2.45. The first-order chi connectivity index (χ1) is 7.16. The minimum absolute atomic E-state index is 0.264. The summed E-state index contributed by atoms with van der Waals surface area (Å²) in [5.41, 5.74) is 5.22. The molecule has 1 fully saturated rings. The monoisotopic (exact) mass is 215 g/mol. The van der Waals surface area contributed by atoms with Crippen molar-refractivity contribution in [2.75, 3.05) is 13.7 Å². The van der Waals surface area contributed by atoms with Gasteiger partial charge in [-0.2, -0.15) is 0 Å². The second-order valence-electron chi connectivity index (χ2n) is 4.76. The Morgan fingerprint density at radius 3 is 2.47 bits per heavy atom. The van der Waals surface area contributed by atoms with Crippen LogP contribution in [0.1, 0.15) is 45.4 Å². The summed E-state index contributed by atoms with van der Waals surface area (Å²) in [5, 5.41) is 10.5. The Kier molecular flexibility index (Phi) is 5.03. The van der Waals surface area contributed by atoms with Gasteiger partial charge < -0.3 is 15.6 Å². The molecule has 0 heterocycles. The standard InChI is InChI=1S/C12H25NO2/c1-3-4-10(9-13)12(14)7-5-11(15-2)6-8-12/h10-11,14H,3-9,13H2,1-2H3. The summed E-state index contributed by atoms with van der Waals surface area (Å²) in [6, 6.07) is 0. The number of rotatable bonds is 5. The maximum atomic E-state index is 10.5. The highest BCUT2D eigenvalue weighted by molar-refractivity contribution is 4.91. The molecule has 3 heteroatoms. The van der Waals surface area contributed by atoms with E-state index in [4.69, 9.17) is 10.5 Å². The molecule has 1 saturated carbocycles. The van der Waals surface area contributed by atoms with E-state index in [-0.39, 0.29) is 5.92 Å². The topological polar surface area (TPSA) is 55.5 Å². The van der Waals surface area contributed by atoms with Crippen molar-refractivity contribution in [1.29, 1.82) is 0 Å². The predicted molar refractivity (Wildman–Crippen MR) is 61.7 cm³/mol. The molecule has 1 unspecified atom stereocenters. The third-order valence-corrected chi connectivity index (χ3v) is 3.81. The van der Waals surface area contributed by atoms with Crippen LogP contribution in [-0.2, 0) is 4.74 Å². The zero-order valence-corrected chi connectivity index (χ0v) is 10.0. The maximum Gasteiger partial charge on any atom is 0.0689 e. The third-order valence-electron chi connectivity index (χ3n) is 3.81. The van der Waals surface area contributed by atoms with Crippen LogP contribution in [0.5, 0.6) is 0 Å². The van der Waals surface area contributed by atoms with Crippen LogP contribution in [0.3, 0.4) is 0 Å². The molecule has 0 amide bonds. The molecule has 0 bridgehead atoms. The average molecular weight is 215 g/mol. The summed E-state index contributed by atoms with van der Waals surface area (Å²) in [6.45, 7) is 2.74. The smallest absolute Gasteiger partial charge is 0.0689 e. The predicted octanol–water partition coefficient (Wildman–Crippen LogP) is 1.68. The van der Waals surface area contributed by atoms with Gasteiger partial charge in [0.1, 0.15) is 0 Å². The van der Waals surface area contributed by atoms with Crippen LogP contribution in [0.15, 0.2) is 0 Å². The van der Waals surface area contributed by atoms with Crippen molar-refractivity contribution in [1.82, 2.24) is 0 Å². The lowest BCUT2D eigenvalue weighted by Gasteiger charge is -2.41. The summed E-state index contributed by atoms with van der Waals surface area (Å²) in [6.07, 6.45) is 6.08. The minimum Gasteiger partial charge on any atom is -0.390 e. The first-order valence-electron chi connectivity index (χ1n) is 6.11. The van der Waals surface area contributed by atoms with Crippen molar-refractivity contribution in [3.8, 4) is 0 Å². The van der Waals surface area contributed by atoms with Crippen LogP contribution >= 0.6 is 0 Å². The number of aliphatic hydroxyl groups is 1. The van der Waals surface area contributed by atoms with Gasteiger partial charge >= 0.3 is 0 Å². The Morgan fingerprint density at radius 1 is 1.47 bits per heavy atom. The Bertz CT molecular complexity index is 176. The maximum absolute atomic E-state index is 10.5. The third kappa shape index (κ3) is 3.16. The first kappa shape index (κ1) is 12.9.